The number of methoxy groups -OCH3 is 1. The topological polar surface area (TPSA) is 55.6 Å². The number of anilines is 1. The molecule has 0 spiro atoms. The molecule has 1 heterocycles. The molecule has 0 saturated carbocycles. The number of nitrogens with two attached hydrogens (primary N) is 1. The Labute approximate surface area is 123 Å². The van der Waals surface area contributed by atoms with Crippen molar-refractivity contribution >= 4 is 22.9 Å². The van der Waals surface area contributed by atoms with Crippen LogP contribution in [0.1, 0.15) is 11.1 Å². The predicted molar refractivity (Wildman–Crippen MR) is 83.8 cm³/mol. The third-order valence-electron chi connectivity index (χ3n) is 3.72. The number of likely N-dealkylation sites (N-methyl/N-ethyl adjacent to an activating group) is 1. The Bertz CT molecular complexity index is 733. The highest BCUT2D eigenvalue weighted by atomic mass is 16.5. The highest BCUT2D eigenvalue weighted by Gasteiger charge is 2.31. The van der Waals surface area contributed by atoms with Crippen LogP contribution in [0.5, 0.6) is 5.75 Å². The van der Waals surface area contributed by atoms with Crippen molar-refractivity contribution in [3.05, 3.63) is 59.7 Å². The summed E-state index contributed by atoms with van der Waals surface area (Å²) in [6.45, 7) is 0. The number of carbonyl (C=O) groups excluding carboxylic acids is 1. The van der Waals surface area contributed by atoms with Crippen molar-refractivity contribution in [1.29, 1.82) is 0 Å². The van der Waals surface area contributed by atoms with Gasteiger partial charge in [-0.15, -0.1) is 0 Å². The zero-order valence-corrected chi connectivity index (χ0v) is 12.0. The number of hydrogen-bond acceptors (Lipinski definition) is 3. The van der Waals surface area contributed by atoms with E-state index in [0.717, 1.165) is 22.6 Å². The molecule has 3 rings (SSSR count). The van der Waals surface area contributed by atoms with Crippen LogP contribution in [0.3, 0.4) is 0 Å². The first kappa shape index (κ1) is 13.2. The van der Waals surface area contributed by atoms with Gasteiger partial charge in [0.15, 0.2) is 0 Å². The molecule has 0 bridgehead atoms. The summed E-state index contributed by atoms with van der Waals surface area (Å²) in [5.74, 6) is 0.677. The lowest BCUT2D eigenvalue weighted by Gasteiger charge is -2.09. The molecule has 0 radical (unpaired) electrons. The fraction of sp³-hybridized carbons (Fsp3) is 0.118. The van der Waals surface area contributed by atoms with Crippen LogP contribution in [0.2, 0.25) is 0 Å². The van der Waals surface area contributed by atoms with Gasteiger partial charge in [0.2, 0.25) is 0 Å². The Kier molecular flexibility index (Phi) is 3.14. The molecule has 4 nitrogen and oxygen atoms in total. The van der Waals surface area contributed by atoms with E-state index in [9.17, 15) is 4.79 Å². The van der Waals surface area contributed by atoms with Crippen LogP contribution in [0.4, 0.5) is 5.69 Å². The summed E-state index contributed by atoms with van der Waals surface area (Å²) in [7, 11) is 3.37. The summed E-state index contributed by atoms with van der Waals surface area (Å²) in [5.41, 5.74) is 9.86. The van der Waals surface area contributed by atoms with Gasteiger partial charge in [-0.05, 0) is 35.9 Å². The van der Waals surface area contributed by atoms with Gasteiger partial charge in [0.25, 0.3) is 5.91 Å². The molecule has 0 unspecified atom stereocenters. The Balaban J connectivity index is 2.14. The molecule has 21 heavy (non-hydrogen) atoms. The predicted octanol–water partition coefficient (Wildman–Crippen LogP) is 2.50. The third-order valence-corrected chi connectivity index (χ3v) is 3.72. The van der Waals surface area contributed by atoms with E-state index in [0.29, 0.717) is 11.3 Å². The molecular weight excluding hydrogens is 264 g/mol. The van der Waals surface area contributed by atoms with E-state index in [1.807, 2.05) is 48.5 Å². The average Bonchev–Trinajstić information content (AvgIpc) is 2.79. The second kappa shape index (κ2) is 4.98. The summed E-state index contributed by atoms with van der Waals surface area (Å²) < 4.78 is 5.14. The van der Waals surface area contributed by atoms with Crippen molar-refractivity contribution in [2.24, 2.45) is 5.73 Å². The largest absolute Gasteiger partial charge is 0.497 e. The number of para-hydroxylation sites is 1. The van der Waals surface area contributed by atoms with E-state index >= 15 is 0 Å². The van der Waals surface area contributed by atoms with Crippen molar-refractivity contribution in [3.63, 3.8) is 0 Å². The molecule has 2 aromatic rings. The quantitative estimate of drug-likeness (QED) is 0.860. The van der Waals surface area contributed by atoms with E-state index in [-0.39, 0.29) is 5.91 Å². The lowest BCUT2D eigenvalue weighted by atomic mass is 10.0. The van der Waals surface area contributed by atoms with Gasteiger partial charge >= 0.3 is 0 Å². The highest BCUT2D eigenvalue weighted by molar-refractivity contribution is 6.37. The van der Waals surface area contributed by atoms with E-state index in [4.69, 9.17) is 10.5 Å². The maximum atomic E-state index is 12.5. The van der Waals surface area contributed by atoms with Crippen molar-refractivity contribution < 1.29 is 9.53 Å². The number of amides is 1. The standard InChI is InChI=1S/C17H16N2O2/c1-19-14-6-4-3-5-13(14)15(17(19)20)16(18)11-7-9-12(21-2)10-8-11/h3-10H,18H2,1-2H3. The first-order valence-electron chi connectivity index (χ1n) is 6.65. The van der Waals surface area contributed by atoms with Crippen molar-refractivity contribution in [3.8, 4) is 5.75 Å². The monoisotopic (exact) mass is 280 g/mol. The zero-order valence-electron chi connectivity index (χ0n) is 12.0. The van der Waals surface area contributed by atoms with Crippen LogP contribution in [0, 0.1) is 0 Å². The Morgan fingerprint density at radius 2 is 1.76 bits per heavy atom. The van der Waals surface area contributed by atoms with E-state index in [1.54, 1.807) is 19.1 Å². The second-order valence-corrected chi connectivity index (χ2v) is 4.90. The van der Waals surface area contributed by atoms with E-state index in [2.05, 4.69) is 0 Å². The SMILES string of the molecule is COc1ccc(C(N)=C2C(=O)N(C)c3ccccc32)cc1. The number of rotatable bonds is 2. The van der Waals surface area contributed by atoms with Crippen LogP contribution >= 0.6 is 0 Å². The lowest BCUT2D eigenvalue weighted by molar-refractivity contribution is -0.112. The number of carbonyl (C=O) groups is 1. The summed E-state index contributed by atoms with van der Waals surface area (Å²) in [4.78, 5) is 14.1. The van der Waals surface area contributed by atoms with Gasteiger partial charge in [0.05, 0.1) is 24.1 Å². The number of fused-ring (bicyclic) bond motifs is 1. The van der Waals surface area contributed by atoms with Gasteiger partial charge in [-0.3, -0.25) is 4.79 Å². The maximum Gasteiger partial charge on any atom is 0.260 e. The van der Waals surface area contributed by atoms with Gasteiger partial charge in [0, 0.05) is 12.6 Å². The highest BCUT2D eigenvalue weighted by Crippen LogP contribution is 2.38. The molecule has 2 N–H and O–H groups in total. The van der Waals surface area contributed by atoms with Gasteiger partial charge in [-0.25, -0.2) is 0 Å². The van der Waals surface area contributed by atoms with Crippen molar-refractivity contribution in [2.75, 3.05) is 19.1 Å². The van der Waals surface area contributed by atoms with Crippen LogP contribution in [-0.4, -0.2) is 20.1 Å². The third kappa shape index (κ3) is 2.05. The molecule has 0 fully saturated rings. The summed E-state index contributed by atoms with van der Waals surface area (Å²) in [6.07, 6.45) is 0. The number of ether oxygens (including phenoxy) is 1. The summed E-state index contributed by atoms with van der Waals surface area (Å²) in [6, 6.07) is 15.0. The molecule has 0 aromatic heterocycles. The van der Waals surface area contributed by atoms with Crippen LogP contribution in [-0.2, 0) is 4.79 Å². The molecule has 0 atom stereocenters. The Hall–Kier alpha value is -2.75. The number of hydrogen-bond donors (Lipinski definition) is 1. The molecule has 2 aromatic carbocycles. The van der Waals surface area contributed by atoms with E-state index in [1.165, 1.54) is 0 Å². The first-order valence-corrected chi connectivity index (χ1v) is 6.65. The van der Waals surface area contributed by atoms with Crippen molar-refractivity contribution in [1.82, 2.24) is 0 Å². The van der Waals surface area contributed by atoms with Crippen LogP contribution < -0.4 is 15.4 Å². The number of benzene rings is 2. The molecule has 1 aliphatic rings. The van der Waals surface area contributed by atoms with Gasteiger partial charge in [0.1, 0.15) is 5.75 Å². The molecule has 106 valence electrons. The Morgan fingerprint density at radius 1 is 1.10 bits per heavy atom. The fourth-order valence-corrected chi connectivity index (χ4v) is 2.55. The molecule has 0 saturated heterocycles. The first-order chi connectivity index (χ1) is 10.1. The minimum absolute atomic E-state index is 0.0791. The van der Waals surface area contributed by atoms with Gasteiger partial charge in [-0.1, -0.05) is 18.2 Å². The average molecular weight is 280 g/mol. The van der Waals surface area contributed by atoms with Gasteiger partial charge < -0.3 is 15.4 Å². The lowest BCUT2D eigenvalue weighted by Crippen LogP contribution is -2.21. The fourth-order valence-electron chi connectivity index (χ4n) is 2.55. The molecule has 4 heteroatoms. The smallest absolute Gasteiger partial charge is 0.260 e. The summed E-state index contributed by atoms with van der Waals surface area (Å²) in [5, 5.41) is 0. The Morgan fingerprint density at radius 3 is 2.43 bits per heavy atom. The minimum Gasteiger partial charge on any atom is -0.497 e. The molecular formula is C17H16N2O2. The number of nitrogens with zero attached hydrogens (tertiary/aromatic N) is 1. The normalized spacial score (nSPS) is 15.9. The summed E-state index contributed by atoms with van der Waals surface area (Å²) >= 11 is 0. The van der Waals surface area contributed by atoms with E-state index < -0.39 is 0 Å². The zero-order chi connectivity index (χ0) is 15.0. The van der Waals surface area contributed by atoms with Gasteiger partial charge in [-0.2, -0.15) is 0 Å². The minimum atomic E-state index is -0.0791. The van der Waals surface area contributed by atoms with Crippen LogP contribution in [0.25, 0.3) is 11.3 Å². The molecule has 1 aliphatic heterocycles. The van der Waals surface area contributed by atoms with Crippen LogP contribution in [0.15, 0.2) is 48.5 Å². The molecule has 0 aliphatic carbocycles. The van der Waals surface area contributed by atoms with Crippen molar-refractivity contribution in [2.45, 2.75) is 0 Å². The second-order valence-electron chi connectivity index (χ2n) is 4.90. The molecule has 1 amide bonds. The maximum absolute atomic E-state index is 12.5.